The van der Waals surface area contributed by atoms with E-state index in [1.54, 1.807) is 29.1 Å². The van der Waals surface area contributed by atoms with Gasteiger partial charge in [0, 0.05) is 30.7 Å². The molecule has 3 aromatic rings. The van der Waals surface area contributed by atoms with E-state index in [0.29, 0.717) is 30.8 Å². The van der Waals surface area contributed by atoms with E-state index < -0.39 is 28.1 Å². The summed E-state index contributed by atoms with van der Waals surface area (Å²) in [5, 5.41) is 7.30. The molecule has 0 unspecified atom stereocenters. The van der Waals surface area contributed by atoms with Gasteiger partial charge in [-0.2, -0.15) is 0 Å². The van der Waals surface area contributed by atoms with Crippen molar-refractivity contribution in [1.29, 1.82) is 0 Å². The fourth-order valence-corrected chi connectivity index (χ4v) is 6.50. The van der Waals surface area contributed by atoms with Crippen molar-refractivity contribution in [2.24, 2.45) is 11.7 Å². The van der Waals surface area contributed by atoms with Crippen molar-refractivity contribution in [3.05, 3.63) is 82.3 Å². The number of hydrogen-bond donors (Lipinski definition) is 3. The van der Waals surface area contributed by atoms with Gasteiger partial charge in [0.2, 0.25) is 15.9 Å². The standard InChI is InChI=1S/C26H31N5O5S2/c27-14-20-7-4-8-22(13-20)29-25(32)24(30-26(33)36-15-19-5-2-1-3-6-19)21-9-11-31(12-10-21)38(34,35)17-23-16-37-18-28-23/h1-8,13,16,18,21,24H,9-12,14-15,17,27H2,(H,29,32)(H,30,33)/t24-/m0/s1. The number of amides is 2. The second-order valence-electron chi connectivity index (χ2n) is 9.05. The van der Waals surface area contributed by atoms with E-state index in [4.69, 9.17) is 10.5 Å². The Morgan fingerprint density at radius 3 is 2.53 bits per heavy atom. The molecule has 0 spiro atoms. The lowest BCUT2D eigenvalue weighted by molar-refractivity contribution is -0.119. The van der Waals surface area contributed by atoms with E-state index in [1.165, 1.54) is 15.6 Å². The predicted octanol–water partition coefficient (Wildman–Crippen LogP) is 3.08. The Labute approximate surface area is 226 Å². The van der Waals surface area contributed by atoms with E-state index in [0.717, 1.165) is 11.1 Å². The van der Waals surface area contributed by atoms with E-state index in [-0.39, 0.29) is 31.4 Å². The first-order valence-corrected chi connectivity index (χ1v) is 14.8. The number of nitrogens with one attached hydrogen (secondary N) is 2. The third kappa shape index (κ3) is 7.60. The third-order valence-electron chi connectivity index (χ3n) is 6.38. The Hall–Kier alpha value is -3.32. The topological polar surface area (TPSA) is 144 Å². The number of aromatic nitrogens is 1. The minimum Gasteiger partial charge on any atom is -0.445 e. The van der Waals surface area contributed by atoms with Crippen molar-refractivity contribution < 1.29 is 22.7 Å². The van der Waals surface area contributed by atoms with Gasteiger partial charge >= 0.3 is 6.09 Å². The lowest BCUT2D eigenvalue weighted by Crippen LogP contribution is -2.52. The summed E-state index contributed by atoms with van der Waals surface area (Å²) >= 11 is 1.35. The number of alkyl carbamates (subject to hydrolysis) is 1. The highest BCUT2D eigenvalue weighted by molar-refractivity contribution is 7.88. The molecule has 12 heteroatoms. The molecule has 38 heavy (non-hydrogen) atoms. The minimum absolute atomic E-state index is 0.0624. The van der Waals surface area contributed by atoms with Crippen LogP contribution in [0.25, 0.3) is 0 Å². The molecule has 4 N–H and O–H groups in total. The highest BCUT2D eigenvalue weighted by atomic mass is 32.2. The smallest absolute Gasteiger partial charge is 0.408 e. The normalized spacial score (nSPS) is 15.5. The number of sulfonamides is 1. The molecule has 2 amide bonds. The molecular weight excluding hydrogens is 526 g/mol. The number of ether oxygens (including phenoxy) is 1. The molecule has 2 heterocycles. The van der Waals surface area contributed by atoms with E-state index >= 15 is 0 Å². The first-order valence-electron chi connectivity index (χ1n) is 12.3. The van der Waals surface area contributed by atoms with Gasteiger partial charge in [0.05, 0.1) is 11.2 Å². The highest BCUT2D eigenvalue weighted by Gasteiger charge is 2.36. The Bertz CT molecular complexity index is 1310. The number of nitrogens with two attached hydrogens (primary N) is 1. The van der Waals surface area contributed by atoms with Crippen molar-refractivity contribution in [2.75, 3.05) is 18.4 Å². The molecule has 1 fully saturated rings. The molecule has 1 aliphatic rings. The second-order valence-corrected chi connectivity index (χ2v) is 11.7. The molecule has 1 aromatic heterocycles. The van der Waals surface area contributed by atoms with Crippen LogP contribution in [0.2, 0.25) is 0 Å². The zero-order valence-corrected chi connectivity index (χ0v) is 22.4. The first-order chi connectivity index (χ1) is 18.3. The Morgan fingerprint density at radius 2 is 1.84 bits per heavy atom. The molecule has 0 radical (unpaired) electrons. The van der Waals surface area contributed by atoms with Crippen LogP contribution >= 0.6 is 11.3 Å². The largest absolute Gasteiger partial charge is 0.445 e. The van der Waals surface area contributed by atoms with E-state index in [9.17, 15) is 18.0 Å². The maximum absolute atomic E-state index is 13.4. The van der Waals surface area contributed by atoms with Crippen molar-refractivity contribution in [3.63, 3.8) is 0 Å². The zero-order chi connectivity index (χ0) is 27.0. The summed E-state index contributed by atoms with van der Waals surface area (Å²) in [6.07, 6.45) is 0.0788. The first kappa shape index (κ1) is 27.7. The van der Waals surface area contributed by atoms with Gasteiger partial charge in [-0.25, -0.2) is 22.5 Å². The molecule has 0 bridgehead atoms. The van der Waals surface area contributed by atoms with Gasteiger partial charge < -0.3 is 21.1 Å². The fraction of sp³-hybridized carbons (Fsp3) is 0.346. The number of anilines is 1. The average Bonchev–Trinajstić information content (AvgIpc) is 3.43. The summed E-state index contributed by atoms with van der Waals surface area (Å²) in [5.74, 6) is -0.852. The molecule has 0 aliphatic carbocycles. The van der Waals surface area contributed by atoms with Crippen molar-refractivity contribution in [3.8, 4) is 0 Å². The maximum atomic E-state index is 13.4. The minimum atomic E-state index is -3.54. The number of nitrogens with zero attached hydrogens (tertiary/aromatic N) is 2. The molecule has 1 atom stereocenters. The highest BCUT2D eigenvalue weighted by Crippen LogP contribution is 2.25. The SMILES string of the molecule is NCc1cccc(NC(=O)[C@@H](NC(=O)OCc2ccccc2)C2CCN(S(=O)(=O)Cc3cscn3)CC2)c1. The molecular formula is C26H31N5O5S2. The molecule has 10 nitrogen and oxygen atoms in total. The summed E-state index contributed by atoms with van der Waals surface area (Å²) < 4.78 is 32.5. The number of thiazole rings is 1. The quantitative estimate of drug-likeness (QED) is 0.348. The van der Waals surface area contributed by atoms with Crippen molar-refractivity contribution in [1.82, 2.24) is 14.6 Å². The Balaban J connectivity index is 1.43. The lowest BCUT2D eigenvalue weighted by Gasteiger charge is -2.35. The summed E-state index contributed by atoms with van der Waals surface area (Å²) in [5.41, 5.74) is 10.1. The number of piperidine rings is 1. The summed E-state index contributed by atoms with van der Waals surface area (Å²) in [6, 6.07) is 15.5. The van der Waals surface area contributed by atoms with Gasteiger partial charge in [-0.15, -0.1) is 11.3 Å². The summed E-state index contributed by atoms with van der Waals surface area (Å²) in [4.78, 5) is 30.1. The Morgan fingerprint density at radius 1 is 1.11 bits per heavy atom. The van der Waals surface area contributed by atoms with Crippen LogP contribution in [-0.2, 0) is 38.5 Å². The second kappa shape index (κ2) is 13.0. The molecule has 4 rings (SSSR count). The van der Waals surface area contributed by atoms with Gasteiger partial charge in [-0.05, 0) is 42.0 Å². The van der Waals surface area contributed by atoms with Crippen molar-refractivity contribution in [2.45, 2.75) is 37.8 Å². The van der Waals surface area contributed by atoms with Crippen LogP contribution < -0.4 is 16.4 Å². The van der Waals surface area contributed by atoms with E-state index in [2.05, 4.69) is 15.6 Å². The number of rotatable bonds is 10. The molecule has 0 saturated carbocycles. The molecule has 202 valence electrons. The zero-order valence-electron chi connectivity index (χ0n) is 20.8. The van der Waals surface area contributed by atoms with Crippen molar-refractivity contribution >= 4 is 39.0 Å². The van der Waals surface area contributed by atoms with Crippen LogP contribution in [0, 0.1) is 5.92 Å². The molecule has 1 aliphatic heterocycles. The van der Waals surface area contributed by atoms with Gasteiger partial charge in [-0.1, -0.05) is 42.5 Å². The third-order valence-corrected chi connectivity index (χ3v) is 8.82. The van der Waals surface area contributed by atoms with Gasteiger partial charge in [0.15, 0.2) is 0 Å². The maximum Gasteiger partial charge on any atom is 0.408 e. The lowest BCUT2D eigenvalue weighted by atomic mass is 9.89. The number of carbonyl (C=O) groups is 2. The number of hydrogen-bond acceptors (Lipinski definition) is 8. The Kier molecular flexibility index (Phi) is 9.45. The van der Waals surface area contributed by atoms with Crippen LogP contribution in [0.3, 0.4) is 0 Å². The van der Waals surface area contributed by atoms with Crippen LogP contribution in [0.4, 0.5) is 10.5 Å². The van der Waals surface area contributed by atoms with Gasteiger partial charge in [0.1, 0.15) is 18.4 Å². The summed E-state index contributed by atoms with van der Waals surface area (Å²) in [6.45, 7) is 0.868. The van der Waals surface area contributed by atoms with Gasteiger partial charge in [0.25, 0.3) is 0 Å². The van der Waals surface area contributed by atoms with Crippen LogP contribution in [0.15, 0.2) is 65.5 Å². The average molecular weight is 558 g/mol. The van der Waals surface area contributed by atoms with Crippen LogP contribution in [-0.4, -0.2) is 48.8 Å². The van der Waals surface area contributed by atoms with Crippen LogP contribution in [0.5, 0.6) is 0 Å². The van der Waals surface area contributed by atoms with Crippen LogP contribution in [0.1, 0.15) is 29.7 Å². The summed E-state index contributed by atoms with van der Waals surface area (Å²) in [7, 11) is -3.54. The number of benzene rings is 2. The van der Waals surface area contributed by atoms with E-state index in [1.807, 2.05) is 36.4 Å². The van der Waals surface area contributed by atoms with Gasteiger partial charge in [-0.3, -0.25) is 4.79 Å². The fourth-order valence-electron chi connectivity index (χ4n) is 4.36. The monoisotopic (exact) mass is 557 g/mol. The number of carbonyl (C=O) groups excluding carboxylic acids is 2. The molecule has 2 aromatic carbocycles. The molecule has 1 saturated heterocycles. The predicted molar refractivity (Wildman–Crippen MR) is 146 cm³/mol.